The average molecular weight is 412 g/mol. The van der Waals surface area contributed by atoms with Crippen LogP contribution in [0.1, 0.15) is 27.7 Å². The van der Waals surface area contributed by atoms with E-state index in [2.05, 4.69) is 20.6 Å². The number of allylic oxidation sites excluding steroid dienone is 2. The fourth-order valence-corrected chi connectivity index (χ4v) is 2.66. The van der Waals surface area contributed by atoms with E-state index in [-0.39, 0.29) is 13.2 Å². The first-order chi connectivity index (χ1) is 14.5. The van der Waals surface area contributed by atoms with Gasteiger partial charge in [-0.15, -0.1) is 0 Å². The molecule has 8 heteroatoms. The molecule has 1 heterocycles. The summed E-state index contributed by atoms with van der Waals surface area (Å²) in [7, 11) is 0. The number of carbonyl (C=O) groups excluding carboxylic acids is 2. The Balaban J connectivity index is 2.51. The minimum absolute atomic E-state index is 0.270. The molecule has 0 radical (unpaired) electrons. The average Bonchev–Trinajstić information content (AvgIpc) is 2.72. The number of esters is 2. The lowest BCUT2D eigenvalue weighted by molar-refractivity contribution is -0.138. The van der Waals surface area contributed by atoms with E-state index in [1.165, 1.54) is 12.4 Å². The van der Waals surface area contributed by atoms with E-state index in [9.17, 15) is 9.59 Å². The highest BCUT2D eigenvalue weighted by molar-refractivity contribution is 6.12. The fraction of sp³-hybridized carbons (Fsp3) is 0.364. The minimum Gasteiger partial charge on any atom is -0.462 e. The van der Waals surface area contributed by atoms with Crippen LogP contribution in [-0.2, 0) is 19.1 Å². The summed E-state index contributed by atoms with van der Waals surface area (Å²) < 4.78 is 10.3. The van der Waals surface area contributed by atoms with Crippen molar-refractivity contribution in [1.29, 1.82) is 0 Å². The monoisotopic (exact) mass is 412 g/mol. The summed E-state index contributed by atoms with van der Waals surface area (Å²) in [4.78, 5) is 33.7. The molecule has 1 aromatic rings. The van der Waals surface area contributed by atoms with Crippen LogP contribution >= 0.6 is 0 Å². The smallest absolute Gasteiger partial charge is 0.341 e. The zero-order valence-electron chi connectivity index (χ0n) is 17.8. The van der Waals surface area contributed by atoms with Crippen LogP contribution in [0.25, 0.3) is 0 Å². The molecule has 2 N–H and O–H groups in total. The number of aliphatic imine (C=N–C) groups is 2. The lowest BCUT2D eigenvalue weighted by Gasteiger charge is -2.14. The second kappa shape index (κ2) is 11.5. The summed E-state index contributed by atoms with van der Waals surface area (Å²) in [5.74, 6) is -0.902. The van der Waals surface area contributed by atoms with E-state index in [0.29, 0.717) is 47.0 Å². The normalized spacial score (nSPS) is 19.7. The van der Waals surface area contributed by atoms with E-state index in [0.717, 1.165) is 0 Å². The third-order valence-electron chi connectivity index (χ3n) is 4.25. The maximum absolute atomic E-state index is 12.4. The number of rotatable bonds is 4. The Morgan fingerprint density at radius 2 is 1.23 bits per heavy atom. The number of carbonyl (C=O) groups is 2. The third-order valence-corrected chi connectivity index (χ3v) is 4.25. The van der Waals surface area contributed by atoms with Gasteiger partial charge in [0.15, 0.2) is 0 Å². The standard InChI is InChI=1S/C22H28N4O4/c1-5-29-21(27)17-13-25-19-9-7-8-10-20(19)26-14-18(22(28)30-6-2)16(4)24-12-11-23-15(17)3/h7-10,13-14,23-24H,5-6,11-12H2,1-4H3/b17-15-,18-16+,25-13?,26-14?. The van der Waals surface area contributed by atoms with Gasteiger partial charge in [-0.2, -0.15) is 0 Å². The first-order valence-corrected chi connectivity index (χ1v) is 9.88. The molecule has 0 aliphatic carbocycles. The van der Waals surface area contributed by atoms with E-state index in [1.807, 2.05) is 12.1 Å². The summed E-state index contributed by atoms with van der Waals surface area (Å²) in [5, 5.41) is 6.38. The highest BCUT2D eigenvalue weighted by atomic mass is 16.5. The Bertz CT molecular complexity index is 827. The Morgan fingerprint density at radius 1 is 0.833 bits per heavy atom. The third kappa shape index (κ3) is 6.30. The molecule has 0 atom stereocenters. The molecule has 0 spiro atoms. The van der Waals surface area contributed by atoms with Crippen molar-refractivity contribution in [2.75, 3.05) is 26.3 Å². The number of nitrogens with zero attached hydrogens (tertiary/aromatic N) is 2. The maximum atomic E-state index is 12.4. The van der Waals surface area contributed by atoms with Gasteiger partial charge in [-0.25, -0.2) is 9.59 Å². The van der Waals surface area contributed by atoms with Crippen molar-refractivity contribution in [2.24, 2.45) is 9.98 Å². The molecule has 1 aliphatic rings. The highest BCUT2D eigenvalue weighted by Gasteiger charge is 2.15. The number of hydrogen-bond donors (Lipinski definition) is 2. The fourth-order valence-electron chi connectivity index (χ4n) is 2.66. The number of nitrogens with one attached hydrogen (secondary N) is 2. The van der Waals surface area contributed by atoms with Crippen molar-refractivity contribution >= 4 is 35.7 Å². The molecule has 2 rings (SSSR count). The number of para-hydroxylation sites is 2. The van der Waals surface area contributed by atoms with Crippen LogP contribution < -0.4 is 10.6 Å². The largest absolute Gasteiger partial charge is 0.462 e. The molecule has 160 valence electrons. The molecule has 0 saturated heterocycles. The summed E-state index contributed by atoms with van der Waals surface area (Å²) >= 11 is 0. The van der Waals surface area contributed by atoms with Crippen molar-refractivity contribution in [2.45, 2.75) is 27.7 Å². The Kier molecular flexibility index (Phi) is 8.80. The maximum Gasteiger partial charge on any atom is 0.341 e. The molecule has 8 nitrogen and oxygen atoms in total. The zero-order valence-corrected chi connectivity index (χ0v) is 17.8. The summed E-state index contributed by atoms with van der Waals surface area (Å²) in [5.41, 5.74) is 3.07. The molecule has 0 saturated carbocycles. The van der Waals surface area contributed by atoms with E-state index in [1.54, 1.807) is 39.8 Å². The van der Waals surface area contributed by atoms with Gasteiger partial charge in [0.2, 0.25) is 0 Å². The predicted octanol–water partition coefficient (Wildman–Crippen LogP) is 2.96. The topological polar surface area (TPSA) is 101 Å². The Morgan fingerprint density at radius 3 is 1.60 bits per heavy atom. The first-order valence-electron chi connectivity index (χ1n) is 9.88. The van der Waals surface area contributed by atoms with Gasteiger partial charge in [-0.1, -0.05) is 12.1 Å². The van der Waals surface area contributed by atoms with Crippen molar-refractivity contribution in [1.82, 2.24) is 10.6 Å². The molecule has 0 unspecified atom stereocenters. The molecule has 0 aromatic heterocycles. The SMILES string of the molecule is CCOC(=O)/C1=C(/C)NCCN/C(C)=C(/C(=O)OCC)C=Nc2ccccc2N=C1. The number of fused-ring (bicyclic) bond motifs is 1. The summed E-state index contributed by atoms with van der Waals surface area (Å²) in [6, 6.07) is 7.20. The number of ether oxygens (including phenoxy) is 2. The van der Waals surface area contributed by atoms with Gasteiger partial charge in [0.25, 0.3) is 0 Å². The van der Waals surface area contributed by atoms with Gasteiger partial charge in [0.1, 0.15) is 0 Å². The van der Waals surface area contributed by atoms with E-state index in [4.69, 9.17) is 9.47 Å². The first kappa shape index (κ1) is 22.9. The molecule has 0 amide bonds. The van der Waals surface area contributed by atoms with Crippen LogP contribution in [0.5, 0.6) is 0 Å². The van der Waals surface area contributed by atoms with Crippen LogP contribution in [0.2, 0.25) is 0 Å². The summed E-state index contributed by atoms with van der Waals surface area (Å²) in [6.45, 7) is 8.67. The van der Waals surface area contributed by atoms with Crippen LogP contribution in [0.15, 0.2) is 56.8 Å². The zero-order chi connectivity index (χ0) is 21.9. The predicted molar refractivity (Wildman–Crippen MR) is 117 cm³/mol. The van der Waals surface area contributed by atoms with Gasteiger partial charge >= 0.3 is 11.9 Å². The lowest BCUT2D eigenvalue weighted by Crippen LogP contribution is -2.29. The number of benzene rings is 1. The number of hydrogen-bond acceptors (Lipinski definition) is 8. The van der Waals surface area contributed by atoms with Gasteiger partial charge < -0.3 is 20.1 Å². The Labute approximate surface area is 176 Å². The van der Waals surface area contributed by atoms with Gasteiger partial charge in [0, 0.05) is 36.9 Å². The molecule has 0 bridgehead atoms. The minimum atomic E-state index is -0.451. The highest BCUT2D eigenvalue weighted by Crippen LogP contribution is 2.27. The van der Waals surface area contributed by atoms with Crippen LogP contribution in [0.3, 0.4) is 0 Å². The van der Waals surface area contributed by atoms with Crippen molar-refractivity contribution in [3.8, 4) is 0 Å². The van der Waals surface area contributed by atoms with Crippen molar-refractivity contribution in [3.05, 3.63) is 46.8 Å². The molecule has 1 aromatic carbocycles. The molecule has 1 aliphatic heterocycles. The van der Waals surface area contributed by atoms with Gasteiger partial charge in [0.05, 0.1) is 35.7 Å². The van der Waals surface area contributed by atoms with Crippen LogP contribution in [0.4, 0.5) is 11.4 Å². The van der Waals surface area contributed by atoms with Crippen LogP contribution in [0, 0.1) is 0 Å². The second-order valence-electron chi connectivity index (χ2n) is 6.38. The van der Waals surface area contributed by atoms with Gasteiger partial charge in [-0.3, -0.25) is 9.98 Å². The molecular weight excluding hydrogens is 384 g/mol. The van der Waals surface area contributed by atoms with Crippen molar-refractivity contribution in [3.63, 3.8) is 0 Å². The summed E-state index contributed by atoms with van der Waals surface area (Å²) in [6.07, 6.45) is 2.95. The van der Waals surface area contributed by atoms with E-state index < -0.39 is 11.9 Å². The second-order valence-corrected chi connectivity index (χ2v) is 6.38. The molecule has 30 heavy (non-hydrogen) atoms. The van der Waals surface area contributed by atoms with Gasteiger partial charge in [-0.05, 0) is 39.8 Å². The molecule has 0 fully saturated rings. The van der Waals surface area contributed by atoms with E-state index >= 15 is 0 Å². The lowest BCUT2D eigenvalue weighted by atomic mass is 10.2. The Hall–Kier alpha value is -3.42. The molecular formula is C22H28N4O4. The van der Waals surface area contributed by atoms with Crippen LogP contribution in [-0.4, -0.2) is 50.7 Å². The quantitative estimate of drug-likeness (QED) is 0.738. The van der Waals surface area contributed by atoms with Crippen molar-refractivity contribution < 1.29 is 19.1 Å².